The maximum absolute atomic E-state index is 13.9. The molecule has 0 saturated heterocycles. The van der Waals surface area contributed by atoms with Crippen LogP contribution in [0, 0.1) is 6.92 Å². The first-order valence-corrected chi connectivity index (χ1v) is 14.0. The van der Waals surface area contributed by atoms with Crippen LogP contribution in [0.2, 0.25) is 0 Å². The second kappa shape index (κ2) is 13.1. The average molecular weight is 554 g/mol. The lowest BCUT2D eigenvalue weighted by molar-refractivity contribution is -0.139. The number of carbonyl (C=O) groups is 2. The second-order valence-electron chi connectivity index (χ2n) is 8.97. The fourth-order valence-electron chi connectivity index (χ4n) is 3.99. The van der Waals surface area contributed by atoms with Crippen molar-refractivity contribution in [3.63, 3.8) is 0 Å². The van der Waals surface area contributed by atoms with Crippen LogP contribution in [0.25, 0.3) is 0 Å². The first-order valence-electron chi connectivity index (χ1n) is 12.5. The van der Waals surface area contributed by atoms with Crippen molar-refractivity contribution in [2.24, 2.45) is 0 Å². The zero-order valence-electron chi connectivity index (χ0n) is 22.9. The van der Waals surface area contributed by atoms with Crippen LogP contribution in [0.1, 0.15) is 25.0 Å². The number of hydrogen-bond acceptors (Lipinski definition) is 6. The fourth-order valence-corrected chi connectivity index (χ4v) is 5.40. The third-order valence-electron chi connectivity index (χ3n) is 6.25. The number of rotatable bonds is 12. The van der Waals surface area contributed by atoms with Gasteiger partial charge in [0.25, 0.3) is 10.0 Å². The SMILES string of the molecule is CCNC(=O)[C@@H](C)N(Cc1cccc(OC)c1)C(=O)CN(c1ccc(OC)cc1)S(=O)(=O)c1ccc(C)cc1. The van der Waals surface area contributed by atoms with Crippen LogP contribution in [0.3, 0.4) is 0 Å². The molecule has 39 heavy (non-hydrogen) atoms. The topological polar surface area (TPSA) is 105 Å². The number of likely N-dealkylation sites (N-methyl/N-ethyl adjacent to an activating group) is 1. The van der Waals surface area contributed by atoms with Gasteiger partial charge in [-0.05, 0) is 74.9 Å². The zero-order chi connectivity index (χ0) is 28.6. The van der Waals surface area contributed by atoms with Crippen molar-refractivity contribution in [1.82, 2.24) is 10.2 Å². The normalized spacial score (nSPS) is 11.8. The Morgan fingerprint density at radius 1 is 0.923 bits per heavy atom. The summed E-state index contributed by atoms with van der Waals surface area (Å²) < 4.78 is 39.2. The molecule has 0 aliphatic carbocycles. The number of sulfonamides is 1. The van der Waals surface area contributed by atoms with Gasteiger partial charge in [-0.25, -0.2) is 8.42 Å². The van der Waals surface area contributed by atoms with Gasteiger partial charge in [-0.3, -0.25) is 13.9 Å². The van der Waals surface area contributed by atoms with E-state index in [1.807, 2.05) is 13.0 Å². The number of hydrogen-bond donors (Lipinski definition) is 1. The molecule has 1 N–H and O–H groups in total. The summed E-state index contributed by atoms with van der Waals surface area (Å²) in [5.74, 6) is 0.267. The zero-order valence-corrected chi connectivity index (χ0v) is 23.7. The van der Waals surface area contributed by atoms with Gasteiger partial charge in [-0.2, -0.15) is 0 Å². The lowest BCUT2D eigenvalue weighted by atomic mass is 10.1. The van der Waals surface area contributed by atoms with Crippen molar-refractivity contribution in [2.45, 2.75) is 38.3 Å². The fraction of sp³-hybridized carbons (Fsp3) is 0.310. The molecule has 0 fully saturated rings. The van der Waals surface area contributed by atoms with Gasteiger partial charge >= 0.3 is 0 Å². The molecule has 0 aliphatic rings. The third-order valence-corrected chi connectivity index (χ3v) is 8.04. The largest absolute Gasteiger partial charge is 0.497 e. The summed E-state index contributed by atoms with van der Waals surface area (Å²) in [5, 5.41) is 2.74. The van der Waals surface area contributed by atoms with Gasteiger partial charge in [0.05, 0.1) is 24.8 Å². The highest BCUT2D eigenvalue weighted by Gasteiger charge is 2.32. The Balaban J connectivity index is 2.03. The van der Waals surface area contributed by atoms with Crippen LogP contribution in [0.15, 0.2) is 77.7 Å². The third kappa shape index (κ3) is 7.29. The predicted octanol–water partition coefficient (Wildman–Crippen LogP) is 3.76. The molecule has 0 spiro atoms. The van der Waals surface area contributed by atoms with Gasteiger partial charge in [0, 0.05) is 13.1 Å². The van der Waals surface area contributed by atoms with Crippen LogP contribution >= 0.6 is 0 Å². The number of aryl methyl sites for hydroxylation is 1. The van der Waals surface area contributed by atoms with Crippen molar-refractivity contribution in [3.8, 4) is 11.5 Å². The summed E-state index contributed by atoms with van der Waals surface area (Å²) in [7, 11) is -1.08. The number of anilines is 1. The van der Waals surface area contributed by atoms with Crippen molar-refractivity contribution in [1.29, 1.82) is 0 Å². The molecule has 9 nitrogen and oxygen atoms in total. The Hall–Kier alpha value is -4.05. The lowest BCUT2D eigenvalue weighted by Gasteiger charge is -2.32. The van der Waals surface area contributed by atoms with Gasteiger partial charge in [-0.1, -0.05) is 29.8 Å². The number of methoxy groups -OCH3 is 2. The van der Waals surface area contributed by atoms with E-state index in [2.05, 4.69) is 5.32 Å². The van der Waals surface area contributed by atoms with Crippen LogP contribution in [-0.2, 0) is 26.2 Å². The van der Waals surface area contributed by atoms with Gasteiger partial charge in [0.2, 0.25) is 11.8 Å². The average Bonchev–Trinajstić information content (AvgIpc) is 2.94. The number of nitrogens with zero attached hydrogens (tertiary/aromatic N) is 2. The molecule has 208 valence electrons. The van der Waals surface area contributed by atoms with Crippen LogP contribution in [0.5, 0.6) is 11.5 Å². The molecule has 3 rings (SSSR count). The highest BCUT2D eigenvalue weighted by Crippen LogP contribution is 2.27. The highest BCUT2D eigenvalue weighted by atomic mass is 32.2. The van der Waals surface area contributed by atoms with E-state index in [0.717, 1.165) is 15.4 Å². The van der Waals surface area contributed by atoms with Gasteiger partial charge < -0.3 is 19.7 Å². The molecule has 0 saturated carbocycles. The maximum Gasteiger partial charge on any atom is 0.264 e. The molecule has 0 bridgehead atoms. The molecule has 1 atom stereocenters. The van der Waals surface area contributed by atoms with E-state index < -0.39 is 28.5 Å². The molecular formula is C29H35N3O6S. The molecule has 0 unspecified atom stereocenters. The smallest absolute Gasteiger partial charge is 0.264 e. The van der Waals surface area contributed by atoms with Gasteiger partial charge in [0.1, 0.15) is 24.1 Å². The Kier molecular flexibility index (Phi) is 9.95. The lowest BCUT2D eigenvalue weighted by Crippen LogP contribution is -2.51. The number of amides is 2. The number of ether oxygens (including phenoxy) is 2. The summed E-state index contributed by atoms with van der Waals surface area (Å²) in [6.07, 6.45) is 0. The Morgan fingerprint density at radius 2 is 1.56 bits per heavy atom. The summed E-state index contributed by atoms with van der Waals surface area (Å²) in [6, 6.07) is 19.1. The molecule has 0 aliphatic heterocycles. The molecule has 0 radical (unpaired) electrons. The highest BCUT2D eigenvalue weighted by molar-refractivity contribution is 7.92. The van der Waals surface area contributed by atoms with E-state index in [1.165, 1.54) is 24.1 Å². The predicted molar refractivity (Wildman–Crippen MR) is 150 cm³/mol. The van der Waals surface area contributed by atoms with Gasteiger partial charge in [0.15, 0.2) is 0 Å². The summed E-state index contributed by atoms with van der Waals surface area (Å²) >= 11 is 0. The summed E-state index contributed by atoms with van der Waals surface area (Å²) in [4.78, 5) is 28.1. The van der Waals surface area contributed by atoms with E-state index in [0.29, 0.717) is 18.0 Å². The molecule has 2 amide bonds. The number of carbonyl (C=O) groups excluding carboxylic acids is 2. The minimum Gasteiger partial charge on any atom is -0.497 e. The van der Waals surface area contributed by atoms with E-state index in [4.69, 9.17) is 9.47 Å². The minimum absolute atomic E-state index is 0.0489. The number of benzene rings is 3. The number of nitrogens with one attached hydrogen (secondary N) is 1. The molecule has 3 aromatic rings. The van der Waals surface area contributed by atoms with Crippen LogP contribution < -0.4 is 19.1 Å². The van der Waals surface area contributed by atoms with E-state index >= 15 is 0 Å². The quantitative estimate of drug-likeness (QED) is 0.366. The maximum atomic E-state index is 13.9. The van der Waals surface area contributed by atoms with Crippen LogP contribution in [-0.4, -0.2) is 58.5 Å². The van der Waals surface area contributed by atoms with E-state index in [9.17, 15) is 18.0 Å². The monoisotopic (exact) mass is 553 g/mol. The van der Waals surface area contributed by atoms with Crippen LogP contribution in [0.4, 0.5) is 5.69 Å². The van der Waals surface area contributed by atoms with E-state index in [1.54, 1.807) is 75.6 Å². The van der Waals surface area contributed by atoms with Crippen molar-refractivity contribution < 1.29 is 27.5 Å². The standard InChI is InChI=1S/C29H35N3O6S/c1-6-30-29(34)22(3)31(19-23-8-7-9-26(18-23)38-5)28(33)20-32(24-12-14-25(37-4)15-13-24)39(35,36)27-16-10-21(2)11-17-27/h7-18,22H,6,19-20H2,1-5H3,(H,30,34)/t22-/m1/s1. The van der Waals surface area contributed by atoms with Crippen molar-refractivity contribution in [2.75, 3.05) is 31.6 Å². The summed E-state index contributed by atoms with van der Waals surface area (Å²) in [5.41, 5.74) is 1.93. The molecule has 0 aromatic heterocycles. The van der Waals surface area contributed by atoms with E-state index in [-0.39, 0.29) is 23.0 Å². The second-order valence-corrected chi connectivity index (χ2v) is 10.8. The molecule has 10 heteroatoms. The summed E-state index contributed by atoms with van der Waals surface area (Å²) in [6.45, 7) is 5.23. The minimum atomic E-state index is -4.13. The van der Waals surface area contributed by atoms with Gasteiger partial charge in [-0.15, -0.1) is 0 Å². The Morgan fingerprint density at radius 3 is 2.15 bits per heavy atom. The first-order chi connectivity index (χ1) is 18.6. The molecule has 3 aromatic carbocycles. The molecular weight excluding hydrogens is 518 g/mol. The Labute approximate surface area is 230 Å². The first kappa shape index (κ1) is 29.5. The van der Waals surface area contributed by atoms with Crippen molar-refractivity contribution in [3.05, 3.63) is 83.9 Å². The molecule has 0 heterocycles. The van der Waals surface area contributed by atoms with Crippen molar-refractivity contribution >= 4 is 27.5 Å². The Bertz CT molecular complexity index is 1370.